The minimum absolute atomic E-state index is 0.812. The van der Waals surface area contributed by atoms with Gasteiger partial charge >= 0.3 is 0 Å². The van der Waals surface area contributed by atoms with E-state index < -0.39 is 17.4 Å². The van der Waals surface area contributed by atoms with Gasteiger partial charge in [0, 0.05) is 5.33 Å². The van der Waals surface area contributed by atoms with E-state index in [1.54, 1.807) is 0 Å². The third kappa shape index (κ3) is 6.99. The summed E-state index contributed by atoms with van der Waals surface area (Å²) in [5.74, 6) is 0. The van der Waals surface area contributed by atoms with Gasteiger partial charge in [-0.3, -0.25) is 0 Å². The maximum Gasteiger partial charge on any atom is 0.170 e. The van der Waals surface area contributed by atoms with E-state index in [1.807, 2.05) is 0 Å². The van der Waals surface area contributed by atoms with Crippen molar-refractivity contribution in [2.45, 2.75) is 32.2 Å². The topological polar surface area (TPSA) is 9.23 Å². The third-order valence-electron chi connectivity index (χ3n) is 1.07. The van der Waals surface area contributed by atoms with E-state index in [0.29, 0.717) is 0 Å². The number of alkyl halides is 1. The Bertz CT molecular complexity index is 92.2. The first-order chi connectivity index (χ1) is 4.45. The molecule has 0 N–H and O–H groups in total. The van der Waals surface area contributed by atoms with Crippen molar-refractivity contribution in [3.05, 3.63) is 0 Å². The molecule has 0 saturated heterocycles. The van der Waals surface area contributed by atoms with Crippen LogP contribution in [0.4, 0.5) is 0 Å². The predicted molar refractivity (Wildman–Crippen MR) is 56.0 cm³/mol. The Balaban J connectivity index is 3.47. The van der Waals surface area contributed by atoms with E-state index in [4.69, 9.17) is 4.12 Å². The Morgan fingerprint density at radius 2 is 1.90 bits per heavy atom. The average molecular weight is 241 g/mol. The smallest absolute Gasteiger partial charge is 0.170 e. The second kappa shape index (κ2) is 4.69. The summed E-state index contributed by atoms with van der Waals surface area (Å²) >= 11 is 3.43. The maximum atomic E-state index is 5.93. The zero-order valence-corrected chi connectivity index (χ0v) is 11.0. The van der Waals surface area contributed by atoms with Gasteiger partial charge in [-0.2, -0.15) is 0 Å². The Morgan fingerprint density at radius 1 is 1.40 bits per heavy atom. The van der Waals surface area contributed by atoms with Gasteiger partial charge in [-0.05, 0) is 32.2 Å². The molecule has 0 heterocycles. The van der Waals surface area contributed by atoms with Gasteiger partial charge < -0.3 is 4.12 Å². The van der Waals surface area contributed by atoms with Crippen LogP contribution in [-0.4, -0.2) is 22.7 Å². The molecule has 0 aliphatic rings. The highest BCUT2D eigenvalue weighted by Crippen LogP contribution is 2.08. The standard InChI is InChI=1S/C6H17BrOSi2/c1-9(6-5-7)8-10(2,3)4/h9H,5-6H2,1-4H3. The lowest BCUT2D eigenvalue weighted by Gasteiger charge is -2.22. The van der Waals surface area contributed by atoms with Crippen molar-refractivity contribution in [1.29, 1.82) is 0 Å². The lowest BCUT2D eigenvalue weighted by molar-refractivity contribution is 0.576. The van der Waals surface area contributed by atoms with Crippen molar-refractivity contribution in [3.63, 3.8) is 0 Å². The van der Waals surface area contributed by atoms with E-state index in [1.165, 1.54) is 6.04 Å². The second-order valence-corrected chi connectivity index (χ2v) is 11.7. The summed E-state index contributed by atoms with van der Waals surface area (Å²) in [7, 11) is -2.03. The van der Waals surface area contributed by atoms with Gasteiger partial charge in [-0.1, -0.05) is 15.9 Å². The molecule has 0 aliphatic heterocycles. The van der Waals surface area contributed by atoms with Crippen molar-refractivity contribution in [1.82, 2.24) is 0 Å². The predicted octanol–water partition coefficient (Wildman–Crippen LogP) is 2.59. The van der Waals surface area contributed by atoms with Crippen LogP contribution < -0.4 is 0 Å². The largest absolute Gasteiger partial charge is 0.458 e. The van der Waals surface area contributed by atoms with Crippen molar-refractivity contribution in [2.75, 3.05) is 5.33 Å². The van der Waals surface area contributed by atoms with Crippen molar-refractivity contribution in [3.8, 4) is 0 Å². The van der Waals surface area contributed by atoms with Gasteiger partial charge in [0.1, 0.15) is 0 Å². The zero-order chi connectivity index (χ0) is 8.20. The van der Waals surface area contributed by atoms with Crippen LogP contribution in [0, 0.1) is 0 Å². The molecule has 0 radical (unpaired) electrons. The first-order valence-electron chi connectivity index (χ1n) is 3.69. The lowest BCUT2D eigenvalue weighted by atomic mass is 11.0. The third-order valence-corrected chi connectivity index (χ3v) is 7.91. The molecule has 0 aromatic heterocycles. The van der Waals surface area contributed by atoms with Crippen molar-refractivity contribution in [2.24, 2.45) is 0 Å². The van der Waals surface area contributed by atoms with E-state index in [0.717, 1.165) is 5.33 Å². The molecule has 0 amide bonds. The zero-order valence-electron chi connectivity index (χ0n) is 7.28. The van der Waals surface area contributed by atoms with Gasteiger partial charge in [-0.15, -0.1) is 0 Å². The normalized spacial score (nSPS) is 15.3. The van der Waals surface area contributed by atoms with Crippen LogP contribution in [0.15, 0.2) is 0 Å². The molecule has 1 atom stereocenters. The molecule has 0 spiro atoms. The van der Waals surface area contributed by atoms with Crippen molar-refractivity contribution < 1.29 is 4.12 Å². The summed E-state index contributed by atoms with van der Waals surface area (Å²) in [5, 5.41) is 1.10. The van der Waals surface area contributed by atoms with Gasteiger partial charge in [0.2, 0.25) is 0 Å². The Morgan fingerprint density at radius 3 is 2.20 bits per heavy atom. The Kier molecular flexibility index (Phi) is 5.10. The highest BCUT2D eigenvalue weighted by molar-refractivity contribution is 9.09. The molecule has 0 rings (SSSR count). The summed E-state index contributed by atoms with van der Waals surface area (Å²) < 4.78 is 5.93. The fourth-order valence-corrected chi connectivity index (χ4v) is 8.36. The van der Waals surface area contributed by atoms with Gasteiger partial charge in [0.15, 0.2) is 17.4 Å². The molecule has 1 nitrogen and oxygen atoms in total. The minimum atomic E-state index is -1.22. The molecular weight excluding hydrogens is 224 g/mol. The maximum absolute atomic E-state index is 5.93. The van der Waals surface area contributed by atoms with E-state index in [9.17, 15) is 0 Å². The van der Waals surface area contributed by atoms with Crippen LogP contribution in [0.3, 0.4) is 0 Å². The fraction of sp³-hybridized carbons (Fsp3) is 1.00. The molecule has 10 heavy (non-hydrogen) atoms. The average Bonchev–Trinajstić information content (AvgIpc) is 1.59. The molecule has 0 saturated carbocycles. The van der Waals surface area contributed by atoms with E-state index in [-0.39, 0.29) is 0 Å². The van der Waals surface area contributed by atoms with Crippen molar-refractivity contribution >= 4 is 33.3 Å². The summed E-state index contributed by atoms with van der Waals surface area (Å²) in [4.78, 5) is 0. The molecule has 0 aromatic carbocycles. The molecule has 0 aromatic rings. The van der Waals surface area contributed by atoms with Crippen LogP contribution in [0.1, 0.15) is 0 Å². The number of hydrogen-bond donors (Lipinski definition) is 0. The molecular formula is C6H17BrOSi2. The van der Waals surface area contributed by atoms with Crippen LogP contribution in [0.25, 0.3) is 0 Å². The SMILES string of the molecule is C[SiH](CCBr)O[Si](C)(C)C. The Hall–Kier alpha value is 0.874. The van der Waals surface area contributed by atoms with Gasteiger partial charge in [0.25, 0.3) is 0 Å². The van der Waals surface area contributed by atoms with Gasteiger partial charge in [0.05, 0.1) is 0 Å². The minimum Gasteiger partial charge on any atom is -0.458 e. The Labute approximate surface area is 75.2 Å². The quantitative estimate of drug-likeness (QED) is 0.543. The molecule has 62 valence electrons. The van der Waals surface area contributed by atoms with Crippen LogP contribution >= 0.6 is 15.9 Å². The highest BCUT2D eigenvalue weighted by Gasteiger charge is 2.17. The molecule has 1 unspecified atom stereocenters. The number of hydrogen-bond acceptors (Lipinski definition) is 1. The lowest BCUT2D eigenvalue weighted by Crippen LogP contribution is -2.33. The van der Waals surface area contributed by atoms with Crippen LogP contribution in [-0.2, 0) is 4.12 Å². The monoisotopic (exact) mass is 240 g/mol. The van der Waals surface area contributed by atoms with Crippen LogP contribution in [0.2, 0.25) is 32.2 Å². The molecule has 0 aliphatic carbocycles. The highest BCUT2D eigenvalue weighted by atomic mass is 79.9. The number of rotatable bonds is 4. The molecule has 0 fully saturated rings. The second-order valence-electron chi connectivity index (χ2n) is 3.52. The van der Waals surface area contributed by atoms with Crippen LogP contribution in [0.5, 0.6) is 0 Å². The number of halogens is 1. The first-order valence-corrected chi connectivity index (χ1v) is 10.7. The summed E-state index contributed by atoms with van der Waals surface area (Å²) in [6, 6.07) is 1.25. The first kappa shape index (κ1) is 10.9. The van der Waals surface area contributed by atoms with Gasteiger partial charge in [-0.25, -0.2) is 0 Å². The fourth-order valence-electron chi connectivity index (χ4n) is 0.816. The van der Waals surface area contributed by atoms with E-state index in [2.05, 4.69) is 42.1 Å². The molecule has 0 bridgehead atoms. The molecule has 4 heteroatoms. The summed E-state index contributed by atoms with van der Waals surface area (Å²) in [6.45, 7) is 9.04. The summed E-state index contributed by atoms with van der Waals surface area (Å²) in [6.07, 6.45) is 0. The van der Waals surface area contributed by atoms with E-state index >= 15 is 0 Å². The summed E-state index contributed by atoms with van der Waals surface area (Å²) in [5.41, 5.74) is 0.